The SMILES string of the molecule is COC[C@@H]1O[C@H](n2ccc(N(C(C)C)C(C)C)nc2=O)CS1. The molecule has 0 spiro atoms. The Balaban J connectivity index is 2.18. The fourth-order valence-corrected chi connectivity index (χ4v) is 3.76. The first-order valence-electron chi connectivity index (χ1n) is 7.57. The minimum atomic E-state index is -0.272. The second kappa shape index (κ2) is 7.48. The molecule has 1 aliphatic heterocycles. The molecule has 7 heteroatoms. The summed E-state index contributed by atoms with van der Waals surface area (Å²) in [6, 6.07) is 2.46. The Bertz CT molecular complexity index is 539. The molecule has 0 aromatic carbocycles. The summed E-state index contributed by atoms with van der Waals surface area (Å²) in [4.78, 5) is 18.7. The zero-order valence-corrected chi connectivity index (χ0v) is 14.7. The molecular weight excluding hydrogens is 302 g/mol. The van der Waals surface area contributed by atoms with Crippen molar-refractivity contribution in [2.75, 3.05) is 24.4 Å². The molecule has 0 aliphatic carbocycles. The van der Waals surface area contributed by atoms with Crippen molar-refractivity contribution in [1.29, 1.82) is 0 Å². The summed E-state index contributed by atoms with van der Waals surface area (Å²) in [5.74, 6) is 1.44. The van der Waals surface area contributed by atoms with Crippen LogP contribution in [-0.2, 0) is 9.47 Å². The van der Waals surface area contributed by atoms with Crippen LogP contribution in [0.5, 0.6) is 0 Å². The number of methoxy groups -OCH3 is 1. The van der Waals surface area contributed by atoms with Gasteiger partial charge in [-0.15, -0.1) is 11.8 Å². The molecule has 0 unspecified atom stereocenters. The Kier molecular flexibility index (Phi) is 5.88. The van der Waals surface area contributed by atoms with Crippen molar-refractivity contribution < 1.29 is 9.47 Å². The van der Waals surface area contributed by atoms with Crippen molar-refractivity contribution in [3.63, 3.8) is 0 Å². The highest BCUT2D eigenvalue weighted by Crippen LogP contribution is 2.31. The maximum Gasteiger partial charge on any atom is 0.351 e. The van der Waals surface area contributed by atoms with Crippen molar-refractivity contribution >= 4 is 17.6 Å². The Morgan fingerprint density at radius 2 is 2.14 bits per heavy atom. The maximum atomic E-state index is 12.3. The fraction of sp³-hybridized carbons (Fsp3) is 0.733. The summed E-state index contributed by atoms with van der Waals surface area (Å²) in [7, 11) is 1.65. The molecule has 1 aromatic heterocycles. The van der Waals surface area contributed by atoms with E-state index < -0.39 is 0 Å². The van der Waals surface area contributed by atoms with Gasteiger partial charge in [-0.1, -0.05) is 0 Å². The van der Waals surface area contributed by atoms with E-state index in [1.54, 1.807) is 29.6 Å². The summed E-state index contributed by atoms with van der Waals surface area (Å²) >= 11 is 1.65. The number of hydrogen-bond acceptors (Lipinski definition) is 6. The Hall–Kier alpha value is -1.05. The topological polar surface area (TPSA) is 56.6 Å². The molecule has 0 bridgehead atoms. The van der Waals surface area contributed by atoms with E-state index in [1.807, 2.05) is 6.07 Å². The fourth-order valence-electron chi connectivity index (χ4n) is 2.70. The third-order valence-corrected chi connectivity index (χ3v) is 4.64. The molecule has 2 rings (SSSR count). The molecule has 1 aromatic rings. The van der Waals surface area contributed by atoms with Crippen LogP contribution in [0.25, 0.3) is 0 Å². The van der Waals surface area contributed by atoms with Crippen molar-refractivity contribution in [3.05, 3.63) is 22.7 Å². The van der Waals surface area contributed by atoms with E-state index in [1.165, 1.54) is 0 Å². The average Bonchev–Trinajstić information content (AvgIpc) is 2.87. The van der Waals surface area contributed by atoms with E-state index in [0.29, 0.717) is 12.4 Å². The molecule has 1 saturated heterocycles. The lowest BCUT2D eigenvalue weighted by Crippen LogP contribution is -2.39. The number of hydrogen-bond donors (Lipinski definition) is 0. The van der Waals surface area contributed by atoms with Gasteiger partial charge >= 0.3 is 5.69 Å². The van der Waals surface area contributed by atoms with E-state index in [9.17, 15) is 4.79 Å². The molecule has 0 radical (unpaired) electrons. The summed E-state index contributed by atoms with van der Waals surface area (Å²) in [5, 5.41) is 0. The highest BCUT2D eigenvalue weighted by Gasteiger charge is 2.28. The predicted molar refractivity (Wildman–Crippen MR) is 89.5 cm³/mol. The summed E-state index contributed by atoms with van der Waals surface area (Å²) in [6.07, 6.45) is 1.51. The van der Waals surface area contributed by atoms with Gasteiger partial charge in [0.1, 0.15) is 17.5 Å². The minimum absolute atomic E-state index is 0.0237. The summed E-state index contributed by atoms with van der Waals surface area (Å²) in [6.45, 7) is 8.91. The van der Waals surface area contributed by atoms with Gasteiger partial charge in [0.2, 0.25) is 0 Å². The summed E-state index contributed by atoms with van der Waals surface area (Å²) < 4.78 is 12.5. The highest BCUT2D eigenvalue weighted by atomic mass is 32.2. The first kappa shape index (κ1) is 17.3. The maximum absolute atomic E-state index is 12.3. The number of anilines is 1. The van der Waals surface area contributed by atoms with Crippen LogP contribution in [0.15, 0.2) is 17.1 Å². The van der Waals surface area contributed by atoms with Gasteiger partial charge in [0.15, 0.2) is 0 Å². The first-order valence-corrected chi connectivity index (χ1v) is 8.62. The number of aromatic nitrogens is 2. The Morgan fingerprint density at radius 1 is 1.45 bits per heavy atom. The van der Waals surface area contributed by atoms with Gasteiger partial charge in [-0.25, -0.2) is 4.79 Å². The van der Waals surface area contributed by atoms with Crippen LogP contribution >= 0.6 is 11.8 Å². The van der Waals surface area contributed by atoms with E-state index in [-0.39, 0.29) is 29.4 Å². The van der Waals surface area contributed by atoms with Gasteiger partial charge < -0.3 is 14.4 Å². The lowest BCUT2D eigenvalue weighted by Gasteiger charge is -2.31. The van der Waals surface area contributed by atoms with Crippen LogP contribution in [-0.4, -0.2) is 46.5 Å². The highest BCUT2D eigenvalue weighted by molar-refractivity contribution is 8.00. The van der Waals surface area contributed by atoms with Gasteiger partial charge in [-0.3, -0.25) is 4.57 Å². The average molecular weight is 327 g/mol. The van der Waals surface area contributed by atoms with Crippen molar-refractivity contribution in [3.8, 4) is 0 Å². The number of nitrogens with zero attached hydrogens (tertiary/aromatic N) is 3. The van der Waals surface area contributed by atoms with Crippen LogP contribution in [0.2, 0.25) is 0 Å². The van der Waals surface area contributed by atoms with E-state index in [4.69, 9.17) is 9.47 Å². The van der Waals surface area contributed by atoms with Crippen LogP contribution in [0, 0.1) is 0 Å². The van der Waals surface area contributed by atoms with Crippen LogP contribution in [0.1, 0.15) is 33.9 Å². The molecule has 2 atom stereocenters. The quantitative estimate of drug-likeness (QED) is 0.797. The lowest BCUT2D eigenvalue weighted by molar-refractivity contribution is -0.0152. The molecular formula is C15H25N3O3S. The van der Waals surface area contributed by atoms with Crippen molar-refractivity contribution in [1.82, 2.24) is 9.55 Å². The van der Waals surface area contributed by atoms with E-state index in [0.717, 1.165) is 5.75 Å². The van der Waals surface area contributed by atoms with E-state index >= 15 is 0 Å². The standard InChI is InChI=1S/C15H25N3O3S/c1-10(2)18(11(3)4)12-6-7-17(15(19)16-12)13-9-22-14(21-13)8-20-5/h6-7,10-11,13-14H,8-9H2,1-5H3/t13-,14+/m0/s1. The molecule has 0 saturated carbocycles. The Morgan fingerprint density at radius 3 is 2.68 bits per heavy atom. The smallest absolute Gasteiger partial charge is 0.351 e. The third kappa shape index (κ3) is 3.83. The van der Waals surface area contributed by atoms with Gasteiger partial charge in [-0.05, 0) is 33.8 Å². The minimum Gasteiger partial charge on any atom is -0.381 e. The zero-order valence-electron chi connectivity index (χ0n) is 13.9. The molecule has 2 heterocycles. The normalized spacial score (nSPS) is 21.8. The monoisotopic (exact) mass is 327 g/mol. The number of rotatable bonds is 6. The van der Waals surface area contributed by atoms with Crippen molar-refractivity contribution in [2.45, 2.75) is 51.4 Å². The molecule has 22 heavy (non-hydrogen) atoms. The third-order valence-electron chi connectivity index (χ3n) is 3.54. The molecule has 6 nitrogen and oxygen atoms in total. The second-order valence-corrected chi connectivity index (χ2v) is 7.07. The first-order chi connectivity index (χ1) is 10.4. The van der Waals surface area contributed by atoms with Gasteiger partial charge in [0, 0.05) is 31.1 Å². The number of thioether (sulfide) groups is 1. The van der Waals surface area contributed by atoms with Crippen LogP contribution < -0.4 is 10.6 Å². The van der Waals surface area contributed by atoms with Crippen LogP contribution in [0.3, 0.4) is 0 Å². The van der Waals surface area contributed by atoms with E-state index in [2.05, 4.69) is 37.6 Å². The van der Waals surface area contributed by atoms with Gasteiger partial charge in [0.25, 0.3) is 0 Å². The lowest BCUT2D eigenvalue weighted by atomic mass is 10.2. The molecule has 0 amide bonds. The van der Waals surface area contributed by atoms with Crippen LogP contribution in [0.4, 0.5) is 5.82 Å². The Labute approximate surface area is 135 Å². The molecule has 1 fully saturated rings. The van der Waals surface area contributed by atoms with Gasteiger partial charge in [0.05, 0.1) is 6.61 Å². The van der Waals surface area contributed by atoms with Crippen molar-refractivity contribution in [2.24, 2.45) is 0 Å². The number of ether oxygens (including phenoxy) is 2. The van der Waals surface area contributed by atoms with Gasteiger partial charge in [-0.2, -0.15) is 4.98 Å². The molecule has 1 aliphatic rings. The zero-order chi connectivity index (χ0) is 16.3. The summed E-state index contributed by atoms with van der Waals surface area (Å²) in [5.41, 5.74) is -0.295. The predicted octanol–water partition coefficient (Wildman–Crippen LogP) is 2.10. The largest absolute Gasteiger partial charge is 0.381 e. The molecule has 124 valence electrons. The molecule has 0 N–H and O–H groups in total. The second-order valence-electron chi connectivity index (χ2n) is 5.88.